The second-order valence-electron chi connectivity index (χ2n) is 4.37. The minimum absolute atomic E-state index is 0.0718. The standard InChI is InChI=1S/C15H10N4O4/c16-9-10-5-7-11(8-6-10)17-14(20)15(21)18-12-3-1-2-4-13(12)19(22)23/h1-8H,(H,17,20)(H,18,21). The van der Waals surface area contributed by atoms with Gasteiger partial charge in [0.05, 0.1) is 16.6 Å². The highest BCUT2D eigenvalue weighted by atomic mass is 16.6. The summed E-state index contributed by atoms with van der Waals surface area (Å²) in [5.74, 6) is -2.02. The van der Waals surface area contributed by atoms with E-state index in [1.807, 2.05) is 6.07 Å². The second kappa shape index (κ2) is 6.82. The predicted molar refractivity (Wildman–Crippen MR) is 81.5 cm³/mol. The lowest BCUT2D eigenvalue weighted by Crippen LogP contribution is -2.29. The molecule has 0 heterocycles. The molecular formula is C15H10N4O4. The third-order valence-electron chi connectivity index (χ3n) is 2.83. The minimum atomic E-state index is -1.04. The minimum Gasteiger partial charge on any atom is -0.318 e. The van der Waals surface area contributed by atoms with E-state index in [-0.39, 0.29) is 11.4 Å². The van der Waals surface area contributed by atoms with Crippen molar-refractivity contribution in [3.8, 4) is 6.07 Å². The van der Waals surface area contributed by atoms with Gasteiger partial charge in [-0.3, -0.25) is 19.7 Å². The fourth-order valence-electron chi connectivity index (χ4n) is 1.73. The third kappa shape index (κ3) is 3.89. The molecule has 2 aromatic carbocycles. The Balaban J connectivity index is 2.07. The van der Waals surface area contributed by atoms with Crippen molar-refractivity contribution in [1.29, 1.82) is 5.26 Å². The smallest absolute Gasteiger partial charge is 0.314 e. The van der Waals surface area contributed by atoms with Crippen LogP contribution in [0.25, 0.3) is 0 Å². The summed E-state index contributed by atoms with van der Waals surface area (Å²) in [7, 11) is 0. The molecule has 8 heteroatoms. The molecule has 2 aromatic rings. The van der Waals surface area contributed by atoms with E-state index >= 15 is 0 Å². The molecule has 0 aliphatic heterocycles. The average Bonchev–Trinajstić information content (AvgIpc) is 2.55. The van der Waals surface area contributed by atoms with Gasteiger partial charge in [-0.25, -0.2) is 0 Å². The summed E-state index contributed by atoms with van der Waals surface area (Å²) in [6, 6.07) is 13.3. The predicted octanol–water partition coefficient (Wildman–Crippen LogP) is 2.04. The molecule has 2 rings (SSSR count). The number of amides is 2. The van der Waals surface area contributed by atoms with Crippen molar-refractivity contribution in [3.05, 3.63) is 64.2 Å². The van der Waals surface area contributed by atoms with Gasteiger partial charge in [-0.05, 0) is 30.3 Å². The topological polar surface area (TPSA) is 125 Å². The second-order valence-corrected chi connectivity index (χ2v) is 4.37. The molecule has 2 amide bonds. The molecule has 8 nitrogen and oxygen atoms in total. The zero-order valence-corrected chi connectivity index (χ0v) is 11.6. The van der Waals surface area contributed by atoms with Crippen molar-refractivity contribution < 1.29 is 14.5 Å². The molecular weight excluding hydrogens is 300 g/mol. The third-order valence-corrected chi connectivity index (χ3v) is 2.83. The Hall–Kier alpha value is -3.73. The van der Waals surface area contributed by atoms with Gasteiger partial charge in [0.15, 0.2) is 0 Å². The highest BCUT2D eigenvalue weighted by Crippen LogP contribution is 2.23. The molecule has 114 valence electrons. The van der Waals surface area contributed by atoms with Crippen molar-refractivity contribution in [1.82, 2.24) is 0 Å². The van der Waals surface area contributed by atoms with Crippen molar-refractivity contribution in [3.63, 3.8) is 0 Å². The molecule has 2 N–H and O–H groups in total. The summed E-state index contributed by atoms with van der Waals surface area (Å²) in [5, 5.41) is 24.1. The zero-order valence-electron chi connectivity index (χ0n) is 11.6. The van der Waals surface area contributed by atoms with Crippen molar-refractivity contribution in [2.75, 3.05) is 10.6 Å². The Labute approximate surface area is 130 Å². The quantitative estimate of drug-likeness (QED) is 0.510. The highest BCUT2D eigenvalue weighted by molar-refractivity contribution is 6.43. The first kappa shape index (κ1) is 15.7. The number of hydrogen-bond acceptors (Lipinski definition) is 5. The largest absolute Gasteiger partial charge is 0.318 e. The molecule has 0 aliphatic carbocycles. The molecule has 0 spiro atoms. The van der Waals surface area contributed by atoms with Crippen molar-refractivity contribution in [2.45, 2.75) is 0 Å². The van der Waals surface area contributed by atoms with E-state index in [0.29, 0.717) is 11.3 Å². The summed E-state index contributed by atoms with van der Waals surface area (Å²) >= 11 is 0. The summed E-state index contributed by atoms with van der Waals surface area (Å²) in [4.78, 5) is 33.8. The Kier molecular flexibility index (Phi) is 4.64. The average molecular weight is 310 g/mol. The van der Waals surface area contributed by atoms with E-state index in [9.17, 15) is 19.7 Å². The van der Waals surface area contributed by atoms with Gasteiger partial charge in [0.1, 0.15) is 5.69 Å². The fourth-order valence-corrected chi connectivity index (χ4v) is 1.73. The number of nitro groups is 1. The lowest BCUT2D eigenvalue weighted by molar-refractivity contribution is -0.383. The van der Waals surface area contributed by atoms with Crippen LogP contribution in [0.3, 0.4) is 0 Å². The summed E-state index contributed by atoms with van der Waals surface area (Å²) in [6.45, 7) is 0. The van der Waals surface area contributed by atoms with Gasteiger partial charge in [-0.1, -0.05) is 12.1 Å². The SMILES string of the molecule is N#Cc1ccc(NC(=O)C(=O)Nc2ccccc2[N+](=O)[O-])cc1. The summed E-state index contributed by atoms with van der Waals surface area (Å²) < 4.78 is 0. The highest BCUT2D eigenvalue weighted by Gasteiger charge is 2.19. The van der Waals surface area contributed by atoms with Crippen molar-refractivity contribution in [2.24, 2.45) is 0 Å². The molecule has 0 fully saturated rings. The molecule has 0 saturated heterocycles. The fraction of sp³-hybridized carbons (Fsp3) is 0. The van der Waals surface area contributed by atoms with Crippen molar-refractivity contribution >= 4 is 28.9 Å². The Morgan fingerprint density at radius 2 is 1.61 bits per heavy atom. The number of hydrogen-bond donors (Lipinski definition) is 2. The number of rotatable bonds is 3. The maximum atomic E-state index is 11.8. The maximum Gasteiger partial charge on any atom is 0.314 e. The van der Waals surface area contributed by atoms with Crippen LogP contribution in [0, 0.1) is 21.4 Å². The number of benzene rings is 2. The molecule has 0 aliphatic rings. The zero-order chi connectivity index (χ0) is 16.8. The van der Waals surface area contributed by atoms with E-state index < -0.39 is 16.7 Å². The van der Waals surface area contributed by atoms with Gasteiger partial charge in [-0.2, -0.15) is 5.26 Å². The number of carbonyl (C=O) groups excluding carboxylic acids is 2. The van der Waals surface area contributed by atoms with Gasteiger partial charge in [0, 0.05) is 11.8 Å². The molecule has 0 saturated carbocycles. The van der Waals surface area contributed by atoms with Crippen LogP contribution in [-0.2, 0) is 9.59 Å². The number of para-hydroxylation sites is 2. The van der Waals surface area contributed by atoms with Crippen LogP contribution in [0.2, 0.25) is 0 Å². The lowest BCUT2D eigenvalue weighted by atomic mass is 10.2. The van der Waals surface area contributed by atoms with E-state index in [4.69, 9.17) is 5.26 Å². The van der Waals surface area contributed by atoms with Crippen LogP contribution in [0.1, 0.15) is 5.56 Å². The number of carbonyl (C=O) groups is 2. The first-order valence-corrected chi connectivity index (χ1v) is 6.37. The van der Waals surface area contributed by atoms with Crippen LogP contribution < -0.4 is 10.6 Å². The molecule has 0 atom stereocenters. The molecule has 0 unspecified atom stereocenters. The number of nitrogens with zero attached hydrogens (tertiary/aromatic N) is 2. The first-order chi connectivity index (χ1) is 11.0. The monoisotopic (exact) mass is 310 g/mol. The van der Waals surface area contributed by atoms with Crippen LogP contribution in [0.15, 0.2) is 48.5 Å². The van der Waals surface area contributed by atoms with Gasteiger partial charge in [0.2, 0.25) is 0 Å². The Morgan fingerprint density at radius 3 is 2.22 bits per heavy atom. The van der Waals surface area contributed by atoms with E-state index in [1.54, 1.807) is 0 Å². The van der Waals surface area contributed by atoms with Gasteiger partial charge in [-0.15, -0.1) is 0 Å². The molecule has 23 heavy (non-hydrogen) atoms. The summed E-state index contributed by atoms with van der Waals surface area (Å²) in [6.07, 6.45) is 0. The van der Waals surface area contributed by atoms with Crippen LogP contribution in [0.5, 0.6) is 0 Å². The van der Waals surface area contributed by atoms with E-state index in [1.165, 1.54) is 48.5 Å². The van der Waals surface area contributed by atoms with Crippen LogP contribution in [0.4, 0.5) is 17.1 Å². The Morgan fingerprint density at radius 1 is 1.00 bits per heavy atom. The summed E-state index contributed by atoms with van der Waals surface area (Å²) in [5.41, 5.74) is 0.351. The van der Waals surface area contributed by atoms with E-state index in [2.05, 4.69) is 10.6 Å². The molecule has 0 radical (unpaired) electrons. The first-order valence-electron chi connectivity index (χ1n) is 6.37. The normalized spacial score (nSPS) is 9.52. The van der Waals surface area contributed by atoms with Crippen LogP contribution >= 0.6 is 0 Å². The number of nitrogens with one attached hydrogen (secondary N) is 2. The lowest BCUT2D eigenvalue weighted by Gasteiger charge is -2.07. The van der Waals surface area contributed by atoms with E-state index in [0.717, 1.165) is 0 Å². The number of anilines is 2. The van der Waals surface area contributed by atoms with Gasteiger partial charge >= 0.3 is 11.8 Å². The Bertz CT molecular complexity index is 809. The van der Waals surface area contributed by atoms with Gasteiger partial charge in [0.25, 0.3) is 5.69 Å². The number of nitriles is 1. The number of nitro benzene ring substituents is 1. The maximum absolute atomic E-state index is 11.8. The van der Waals surface area contributed by atoms with Gasteiger partial charge < -0.3 is 10.6 Å². The molecule has 0 bridgehead atoms. The van der Waals surface area contributed by atoms with Crippen LogP contribution in [-0.4, -0.2) is 16.7 Å². The molecule has 0 aromatic heterocycles.